The number of pyridine rings is 1. The van der Waals surface area contributed by atoms with E-state index < -0.39 is 0 Å². The van der Waals surface area contributed by atoms with E-state index in [1.807, 2.05) is 41.3 Å². The average molecular weight is 480 g/mol. The zero-order valence-corrected chi connectivity index (χ0v) is 21.1. The summed E-state index contributed by atoms with van der Waals surface area (Å²) in [5.74, 6) is 1.25. The van der Waals surface area contributed by atoms with Gasteiger partial charge in [0.15, 0.2) is 0 Å². The lowest BCUT2D eigenvalue weighted by Crippen LogP contribution is -2.47. The molecule has 35 heavy (non-hydrogen) atoms. The SMILES string of the molecule is CCCCN1C(=O)CC[C@H](C(=O)Nc2ccc(N3CCN(C)CC3)nc2)[C@H]1c1ccccc1OC. The number of carbonyl (C=O) groups is 2. The number of piperazine rings is 1. The van der Waals surface area contributed by atoms with Crippen molar-refractivity contribution in [3.8, 4) is 5.75 Å². The maximum atomic E-state index is 13.6. The molecule has 0 aliphatic carbocycles. The molecular weight excluding hydrogens is 442 g/mol. The second-order valence-corrected chi connectivity index (χ2v) is 9.46. The Labute approximate surface area is 208 Å². The molecule has 8 heteroatoms. The topological polar surface area (TPSA) is 78.0 Å². The van der Waals surface area contributed by atoms with Gasteiger partial charge in [-0.2, -0.15) is 0 Å². The Hall–Kier alpha value is -3.13. The van der Waals surface area contributed by atoms with Crippen molar-refractivity contribution in [3.05, 3.63) is 48.2 Å². The van der Waals surface area contributed by atoms with Gasteiger partial charge in [0.2, 0.25) is 11.8 Å². The molecule has 4 rings (SSSR count). The lowest BCUT2D eigenvalue weighted by Gasteiger charge is -2.41. The Morgan fingerprint density at radius 2 is 1.91 bits per heavy atom. The van der Waals surface area contributed by atoms with Crippen molar-refractivity contribution in [2.45, 2.75) is 38.6 Å². The fourth-order valence-electron chi connectivity index (χ4n) is 5.03. The summed E-state index contributed by atoms with van der Waals surface area (Å²) in [6.45, 7) is 6.65. The predicted molar refractivity (Wildman–Crippen MR) is 138 cm³/mol. The third kappa shape index (κ3) is 5.75. The molecule has 2 atom stereocenters. The maximum absolute atomic E-state index is 13.6. The molecule has 1 aromatic heterocycles. The van der Waals surface area contributed by atoms with Gasteiger partial charge in [0, 0.05) is 44.7 Å². The third-order valence-corrected chi connectivity index (χ3v) is 7.10. The van der Waals surface area contributed by atoms with E-state index in [-0.39, 0.29) is 23.8 Å². The highest BCUT2D eigenvalue weighted by molar-refractivity contribution is 5.94. The molecule has 2 amide bonds. The van der Waals surface area contributed by atoms with Crippen molar-refractivity contribution in [2.75, 3.05) is 57.1 Å². The van der Waals surface area contributed by atoms with Crippen molar-refractivity contribution in [1.29, 1.82) is 0 Å². The second kappa shape index (κ2) is 11.5. The molecule has 2 aromatic rings. The highest BCUT2D eigenvalue weighted by Crippen LogP contribution is 2.41. The number of ether oxygens (including phenoxy) is 1. The second-order valence-electron chi connectivity index (χ2n) is 9.46. The molecule has 2 saturated heterocycles. The van der Waals surface area contributed by atoms with E-state index in [1.165, 1.54) is 0 Å². The number of piperidine rings is 1. The van der Waals surface area contributed by atoms with Crippen LogP contribution >= 0.6 is 0 Å². The summed E-state index contributed by atoms with van der Waals surface area (Å²) < 4.78 is 5.62. The van der Waals surface area contributed by atoms with Crippen LogP contribution in [0.25, 0.3) is 0 Å². The summed E-state index contributed by atoms with van der Waals surface area (Å²) in [4.78, 5) is 37.6. The summed E-state index contributed by atoms with van der Waals surface area (Å²) in [5.41, 5.74) is 1.55. The van der Waals surface area contributed by atoms with Gasteiger partial charge in [-0.25, -0.2) is 4.98 Å². The van der Waals surface area contributed by atoms with Crippen LogP contribution in [-0.4, -0.2) is 73.5 Å². The van der Waals surface area contributed by atoms with Crippen molar-refractivity contribution in [3.63, 3.8) is 0 Å². The molecular formula is C27H37N5O3. The van der Waals surface area contributed by atoms with Crippen LogP contribution < -0.4 is 15.0 Å². The summed E-state index contributed by atoms with van der Waals surface area (Å²) in [6.07, 6.45) is 4.47. The van der Waals surface area contributed by atoms with Gasteiger partial charge in [0.05, 0.1) is 31.0 Å². The number of benzene rings is 1. The van der Waals surface area contributed by atoms with Gasteiger partial charge >= 0.3 is 0 Å². The quantitative estimate of drug-likeness (QED) is 0.624. The minimum atomic E-state index is -0.377. The fraction of sp³-hybridized carbons (Fsp3) is 0.519. The van der Waals surface area contributed by atoms with Crippen LogP contribution in [0.4, 0.5) is 11.5 Å². The van der Waals surface area contributed by atoms with E-state index in [9.17, 15) is 9.59 Å². The lowest BCUT2D eigenvalue weighted by molar-refractivity contribution is -0.142. The Kier molecular flexibility index (Phi) is 8.23. The van der Waals surface area contributed by atoms with E-state index in [4.69, 9.17) is 4.74 Å². The number of aromatic nitrogens is 1. The Morgan fingerprint density at radius 3 is 2.60 bits per heavy atom. The normalized spacial score (nSPS) is 21.2. The molecule has 188 valence electrons. The zero-order chi connectivity index (χ0) is 24.8. The molecule has 0 spiro atoms. The predicted octanol–water partition coefficient (Wildman–Crippen LogP) is 3.56. The standard InChI is InChI=1S/C27H37N5O3/c1-4-5-14-32-25(33)13-11-22(26(32)21-8-6-7-9-23(21)35-3)27(34)29-20-10-12-24(28-19-20)31-17-15-30(2)16-18-31/h6-10,12,19,22,26H,4-5,11,13-18H2,1-3H3,(H,29,34)/t22-,26+/m0/s1. The number of unbranched alkanes of at least 4 members (excludes halogenated alkanes) is 1. The number of hydrogen-bond donors (Lipinski definition) is 1. The van der Waals surface area contributed by atoms with E-state index in [0.29, 0.717) is 30.8 Å². The number of nitrogens with zero attached hydrogens (tertiary/aromatic N) is 4. The van der Waals surface area contributed by atoms with Gasteiger partial charge in [-0.05, 0) is 38.1 Å². The number of rotatable bonds is 8. The average Bonchev–Trinajstić information content (AvgIpc) is 2.88. The highest BCUT2D eigenvalue weighted by Gasteiger charge is 2.41. The first kappa shape index (κ1) is 25.0. The van der Waals surface area contributed by atoms with Gasteiger partial charge in [-0.1, -0.05) is 31.5 Å². The van der Waals surface area contributed by atoms with E-state index in [1.54, 1.807) is 13.3 Å². The molecule has 0 unspecified atom stereocenters. The molecule has 2 aliphatic rings. The number of hydrogen-bond acceptors (Lipinski definition) is 6. The van der Waals surface area contributed by atoms with Crippen LogP contribution in [0.15, 0.2) is 42.6 Å². The third-order valence-electron chi connectivity index (χ3n) is 7.10. The van der Waals surface area contributed by atoms with Crippen molar-refractivity contribution in [1.82, 2.24) is 14.8 Å². The zero-order valence-electron chi connectivity index (χ0n) is 21.1. The smallest absolute Gasteiger partial charge is 0.229 e. The van der Waals surface area contributed by atoms with Gasteiger partial charge in [0.25, 0.3) is 0 Å². The highest BCUT2D eigenvalue weighted by atomic mass is 16.5. The monoisotopic (exact) mass is 479 g/mol. The Morgan fingerprint density at radius 1 is 1.14 bits per heavy atom. The van der Waals surface area contributed by atoms with E-state index in [2.05, 4.69) is 34.1 Å². The molecule has 1 N–H and O–H groups in total. The number of likely N-dealkylation sites (tertiary alicyclic amines) is 1. The van der Waals surface area contributed by atoms with Gasteiger partial charge in [-0.3, -0.25) is 9.59 Å². The molecule has 3 heterocycles. The molecule has 0 saturated carbocycles. The molecule has 1 aromatic carbocycles. The molecule has 2 aliphatic heterocycles. The number of anilines is 2. The minimum Gasteiger partial charge on any atom is -0.496 e. The molecule has 8 nitrogen and oxygen atoms in total. The minimum absolute atomic E-state index is 0.0935. The molecule has 0 bridgehead atoms. The number of amides is 2. The summed E-state index contributed by atoms with van der Waals surface area (Å²) in [6, 6.07) is 11.2. The Balaban J connectivity index is 1.54. The van der Waals surface area contributed by atoms with Crippen molar-refractivity contribution >= 4 is 23.3 Å². The number of likely N-dealkylation sites (N-methyl/N-ethyl adjacent to an activating group) is 1. The number of methoxy groups -OCH3 is 1. The lowest BCUT2D eigenvalue weighted by atomic mass is 9.83. The first-order valence-electron chi connectivity index (χ1n) is 12.6. The van der Waals surface area contributed by atoms with Gasteiger partial charge in [-0.15, -0.1) is 0 Å². The summed E-state index contributed by atoms with van der Waals surface area (Å²) >= 11 is 0. The first-order valence-corrected chi connectivity index (χ1v) is 12.6. The Bertz CT molecular complexity index is 1000. The van der Waals surface area contributed by atoms with E-state index in [0.717, 1.165) is 50.4 Å². The number of para-hydroxylation sites is 1. The molecule has 2 fully saturated rings. The maximum Gasteiger partial charge on any atom is 0.229 e. The number of nitrogens with one attached hydrogen (secondary N) is 1. The van der Waals surface area contributed by atoms with Crippen LogP contribution in [0, 0.1) is 5.92 Å². The van der Waals surface area contributed by atoms with Crippen LogP contribution in [0.5, 0.6) is 5.75 Å². The van der Waals surface area contributed by atoms with Crippen LogP contribution in [0.3, 0.4) is 0 Å². The summed E-state index contributed by atoms with van der Waals surface area (Å²) in [7, 11) is 3.76. The molecule has 0 radical (unpaired) electrons. The van der Waals surface area contributed by atoms with Crippen LogP contribution in [0.1, 0.15) is 44.2 Å². The largest absolute Gasteiger partial charge is 0.496 e. The number of carbonyl (C=O) groups excluding carboxylic acids is 2. The van der Waals surface area contributed by atoms with Gasteiger partial charge < -0.3 is 24.8 Å². The first-order chi connectivity index (χ1) is 17.0. The van der Waals surface area contributed by atoms with Gasteiger partial charge in [0.1, 0.15) is 11.6 Å². The van der Waals surface area contributed by atoms with Crippen molar-refractivity contribution in [2.24, 2.45) is 5.92 Å². The van der Waals surface area contributed by atoms with E-state index >= 15 is 0 Å². The fourth-order valence-corrected chi connectivity index (χ4v) is 5.03. The van der Waals surface area contributed by atoms with Crippen LogP contribution in [0.2, 0.25) is 0 Å². The van der Waals surface area contributed by atoms with Crippen LogP contribution in [-0.2, 0) is 9.59 Å². The summed E-state index contributed by atoms with van der Waals surface area (Å²) in [5, 5.41) is 3.07. The van der Waals surface area contributed by atoms with Crippen molar-refractivity contribution < 1.29 is 14.3 Å².